The number of carbonyl (C=O) groups is 1. The first-order chi connectivity index (χ1) is 10.1. The highest BCUT2D eigenvalue weighted by Crippen LogP contribution is 2.34. The molecule has 0 heterocycles. The van der Waals surface area contributed by atoms with Crippen molar-refractivity contribution in [1.82, 2.24) is 0 Å². The molecule has 0 aromatic heterocycles. The van der Waals surface area contributed by atoms with Gasteiger partial charge in [0.15, 0.2) is 11.5 Å². The summed E-state index contributed by atoms with van der Waals surface area (Å²) in [6.07, 6.45) is 1.92. The Morgan fingerprint density at radius 3 is 2.14 bits per heavy atom. The molecule has 5 heteroatoms. The number of hydrogen-bond donors (Lipinski definition) is 0. The Balaban J connectivity index is 2.96. The van der Waals surface area contributed by atoms with Crippen LogP contribution in [-0.4, -0.2) is 25.8 Å². The minimum atomic E-state index is -0.303. The summed E-state index contributed by atoms with van der Waals surface area (Å²) >= 11 is 6.22. The van der Waals surface area contributed by atoms with Crippen LogP contribution in [0.3, 0.4) is 0 Å². The lowest BCUT2D eigenvalue weighted by molar-refractivity contribution is -0.142. The van der Waals surface area contributed by atoms with Gasteiger partial charge in [-0.15, -0.1) is 0 Å². The first-order valence-electron chi connectivity index (χ1n) is 7.35. The molecule has 0 atom stereocenters. The molecule has 1 rings (SSSR count). The largest absolute Gasteiger partial charge is 0.490 e. The standard InChI is InChI=1S/C16H23ClO4/c1-4-7-20-14-9-12(10-16(18)19-6-3)13(17)11-15(14)21-8-5-2/h9,11H,4-8,10H2,1-3H3. The van der Waals surface area contributed by atoms with Gasteiger partial charge in [-0.25, -0.2) is 0 Å². The van der Waals surface area contributed by atoms with Crippen LogP contribution in [0.5, 0.6) is 11.5 Å². The van der Waals surface area contributed by atoms with E-state index in [1.165, 1.54) is 0 Å². The van der Waals surface area contributed by atoms with E-state index in [1.54, 1.807) is 19.1 Å². The van der Waals surface area contributed by atoms with Crippen molar-refractivity contribution < 1.29 is 19.0 Å². The number of carbonyl (C=O) groups excluding carboxylic acids is 1. The van der Waals surface area contributed by atoms with Gasteiger partial charge < -0.3 is 14.2 Å². The minimum absolute atomic E-state index is 0.128. The summed E-state index contributed by atoms with van der Waals surface area (Å²) in [6.45, 7) is 7.37. The summed E-state index contributed by atoms with van der Waals surface area (Å²) in [5.41, 5.74) is 0.685. The fourth-order valence-corrected chi connectivity index (χ4v) is 1.95. The van der Waals surface area contributed by atoms with Crippen molar-refractivity contribution in [2.45, 2.75) is 40.0 Å². The Hall–Kier alpha value is -1.42. The molecule has 0 saturated carbocycles. The summed E-state index contributed by atoms with van der Waals surface area (Å²) in [7, 11) is 0. The van der Waals surface area contributed by atoms with Crippen molar-refractivity contribution in [3.63, 3.8) is 0 Å². The summed E-state index contributed by atoms with van der Waals surface area (Å²) in [5, 5.41) is 0.484. The Morgan fingerprint density at radius 1 is 1.05 bits per heavy atom. The van der Waals surface area contributed by atoms with Gasteiger partial charge in [0, 0.05) is 11.1 Å². The smallest absolute Gasteiger partial charge is 0.310 e. The zero-order valence-corrected chi connectivity index (χ0v) is 13.7. The molecule has 21 heavy (non-hydrogen) atoms. The molecule has 0 radical (unpaired) electrons. The summed E-state index contributed by atoms with van der Waals surface area (Å²) in [6, 6.07) is 3.47. The van der Waals surface area contributed by atoms with Crippen LogP contribution in [0, 0.1) is 0 Å². The fourth-order valence-electron chi connectivity index (χ4n) is 1.73. The number of ether oxygens (including phenoxy) is 3. The Labute approximate surface area is 131 Å². The van der Waals surface area contributed by atoms with Gasteiger partial charge in [-0.1, -0.05) is 25.4 Å². The van der Waals surface area contributed by atoms with Crippen LogP contribution in [0.2, 0.25) is 5.02 Å². The molecule has 0 unspecified atom stereocenters. The maximum absolute atomic E-state index is 11.6. The van der Waals surface area contributed by atoms with E-state index < -0.39 is 0 Å². The maximum Gasteiger partial charge on any atom is 0.310 e. The molecule has 0 saturated heterocycles. The first-order valence-corrected chi connectivity index (χ1v) is 7.73. The number of esters is 1. The predicted molar refractivity (Wildman–Crippen MR) is 83.4 cm³/mol. The van der Waals surface area contributed by atoms with E-state index in [1.807, 2.05) is 13.8 Å². The average molecular weight is 315 g/mol. The second kappa shape index (κ2) is 9.50. The molecule has 0 spiro atoms. The molecule has 118 valence electrons. The monoisotopic (exact) mass is 314 g/mol. The van der Waals surface area contributed by atoms with Gasteiger partial charge in [-0.3, -0.25) is 4.79 Å². The number of benzene rings is 1. The molecule has 0 fully saturated rings. The van der Waals surface area contributed by atoms with Crippen molar-refractivity contribution >= 4 is 17.6 Å². The van der Waals surface area contributed by atoms with Crippen LogP contribution >= 0.6 is 11.6 Å². The summed E-state index contributed by atoms with van der Waals surface area (Å²) in [5.74, 6) is 0.931. The van der Waals surface area contributed by atoms with Crippen LogP contribution in [0.4, 0.5) is 0 Å². The molecule has 0 aliphatic rings. The predicted octanol–water partition coefficient (Wildman–Crippen LogP) is 4.02. The molecule has 0 bridgehead atoms. The van der Waals surface area contributed by atoms with E-state index in [2.05, 4.69) is 0 Å². The summed E-state index contributed by atoms with van der Waals surface area (Å²) in [4.78, 5) is 11.6. The molecule has 4 nitrogen and oxygen atoms in total. The minimum Gasteiger partial charge on any atom is -0.490 e. The van der Waals surface area contributed by atoms with Crippen LogP contribution in [0.1, 0.15) is 39.2 Å². The van der Waals surface area contributed by atoms with E-state index in [0.717, 1.165) is 12.8 Å². The lowest BCUT2D eigenvalue weighted by atomic mass is 10.1. The van der Waals surface area contributed by atoms with Gasteiger partial charge >= 0.3 is 5.97 Å². The lowest BCUT2D eigenvalue weighted by Crippen LogP contribution is -2.09. The van der Waals surface area contributed by atoms with Gasteiger partial charge in [-0.05, 0) is 31.4 Å². The molecule has 1 aromatic rings. The topological polar surface area (TPSA) is 44.8 Å². The first kappa shape index (κ1) is 17.6. The van der Waals surface area contributed by atoms with Crippen LogP contribution in [0.25, 0.3) is 0 Å². The van der Waals surface area contributed by atoms with E-state index in [4.69, 9.17) is 25.8 Å². The van der Waals surface area contributed by atoms with Crippen molar-refractivity contribution in [3.05, 3.63) is 22.7 Å². The molecular weight excluding hydrogens is 292 g/mol. The lowest BCUT2D eigenvalue weighted by Gasteiger charge is -2.15. The number of rotatable bonds is 9. The third-order valence-electron chi connectivity index (χ3n) is 2.68. The molecule has 0 aliphatic heterocycles. The SMILES string of the molecule is CCCOc1cc(Cl)c(CC(=O)OCC)cc1OCCC. The van der Waals surface area contributed by atoms with Crippen molar-refractivity contribution in [2.24, 2.45) is 0 Å². The van der Waals surface area contributed by atoms with Crippen LogP contribution in [-0.2, 0) is 16.0 Å². The van der Waals surface area contributed by atoms with Gasteiger partial charge in [0.05, 0.1) is 26.2 Å². The van der Waals surface area contributed by atoms with Gasteiger partial charge in [0.1, 0.15) is 0 Å². The van der Waals surface area contributed by atoms with Crippen LogP contribution < -0.4 is 9.47 Å². The number of halogens is 1. The molecular formula is C16H23ClO4. The quantitative estimate of drug-likeness (QED) is 0.646. The highest BCUT2D eigenvalue weighted by atomic mass is 35.5. The second-order valence-electron chi connectivity index (χ2n) is 4.57. The Morgan fingerprint density at radius 2 is 1.62 bits per heavy atom. The zero-order chi connectivity index (χ0) is 15.7. The Kier molecular flexibility index (Phi) is 7.98. The molecule has 1 aromatic carbocycles. The van der Waals surface area contributed by atoms with Gasteiger partial charge in [-0.2, -0.15) is 0 Å². The average Bonchev–Trinajstić information content (AvgIpc) is 2.46. The molecule has 0 aliphatic carbocycles. The summed E-state index contributed by atoms with van der Waals surface area (Å²) < 4.78 is 16.3. The Bertz CT molecular complexity index is 460. The highest BCUT2D eigenvalue weighted by Gasteiger charge is 2.14. The number of hydrogen-bond acceptors (Lipinski definition) is 4. The van der Waals surface area contributed by atoms with Crippen LogP contribution in [0.15, 0.2) is 12.1 Å². The fraction of sp³-hybridized carbons (Fsp3) is 0.562. The second-order valence-corrected chi connectivity index (χ2v) is 4.98. The van der Waals surface area contributed by atoms with Gasteiger partial charge in [0.25, 0.3) is 0 Å². The van der Waals surface area contributed by atoms with Crippen molar-refractivity contribution in [2.75, 3.05) is 19.8 Å². The molecule has 0 N–H and O–H groups in total. The molecule has 0 amide bonds. The van der Waals surface area contributed by atoms with E-state index in [9.17, 15) is 4.79 Å². The van der Waals surface area contributed by atoms with E-state index in [0.29, 0.717) is 41.9 Å². The van der Waals surface area contributed by atoms with E-state index in [-0.39, 0.29) is 12.4 Å². The third kappa shape index (κ3) is 5.84. The normalized spacial score (nSPS) is 10.3. The van der Waals surface area contributed by atoms with E-state index >= 15 is 0 Å². The van der Waals surface area contributed by atoms with Crippen molar-refractivity contribution in [3.8, 4) is 11.5 Å². The van der Waals surface area contributed by atoms with Gasteiger partial charge in [0.2, 0.25) is 0 Å². The zero-order valence-electron chi connectivity index (χ0n) is 12.9. The maximum atomic E-state index is 11.6. The highest BCUT2D eigenvalue weighted by molar-refractivity contribution is 6.31. The van der Waals surface area contributed by atoms with Crippen molar-refractivity contribution in [1.29, 1.82) is 0 Å². The third-order valence-corrected chi connectivity index (χ3v) is 3.03.